The van der Waals surface area contributed by atoms with Crippen molar-refractivity contribution in [2.24, 2.45) is 0 Å². The number of carbonyl (C=O) groups is 1. The maximum atomic E-state index is 14.1. The molecule has 1 aromatic carbocycles. The molecule has 0 aliphatic carbocycles. The number of halogens is 1. The minimum Gasteiger partial charge on any atom is -0.381 e. The van der Waals surface area contributed by atoms with Crippen molar-refractivity contribution in [2.75, 3.05) is 38.7 Å². The first-order valence-electron chi connectivity index (χ1n) is 11.0. The molecule has 0 radical (unpaired) electrons. The van der Waals surface area contributed by atoms with E-state index in [2.05, 4.69) is 17.2 Å². The number of nitrogens with zero attached hydrogens (tertiary/aromatic N) is 3. The van der Waals surface area contributed by atoms with Gasteiger partial charge in [0.05, 0.1) is 11.1 Å². The summed E-state index contributed by atoms with van der Waals surface area (Å²) in [5.41, 5.74) is 0.703. The fourth-order valence-corrected chi connectivity index (χ4v) is 5.06. The van der Waals surface area contributed by atoms with Gasteiger partial charge in [0, 0.05) is 44.8 Å². The molecule has 2 aliphatic rings. The highest BCUT2D eigenvalue weighted by Gasteiger charge is 2.47. The topological polar surface area (TPSA) is 67.4 Å². The molecule has 2 aromatic rings. The molecule has 1 amide bonds. The predicted octanol–water partition coefficient (Wildman–Crippen LogP) is 3.59. The summed E-state index contributed by atoms with van der Waals surface area (Å²) in [6.07, 6.45) is 2.99. The quantitative estimate of drug-likeness (QED) is 0.809. The number of anilines is 1. The predicted molar refractivity (Wildman–Crippen MR) is 118 cm³/mol. The van der Waals surface area contributed by atoms with Gasteiger partial charge in [-0.3, -0.25) is 4.79 Å². The van der Waals surface area contributed by atoms with Crippen molar-refractivity contribution in [3.05, 3.63) is 53.2 Å². The van der Waals surface area contributed by atoms with Crippen LogP contribution >= 0.6 is 0 Å². The van der Waals surface area contributed by atoms with Crippen molar-refractivity contribution >= 4 is 11.7 Å². The largest absolute Gasteiger partial charge is 0.381 e. The second-order valence-electron chi connectivity index (χ2n) is 9.03. The lowest BCUT2D eigenvalue weighted by Crippen LogP contribution is -2.55. The number of likely N-dealkylation sites (tertiary alicyclic amines) is 1. The second kappa shape index (κ2) is 8.54. The van der Waals surface area contributed by atoms with Crippen molar-refractivity contribution in [1.29, 1.82) is 0 Å². The minimum atomic E-state index is -0.740. The van der Waals surface area contributed by atoms with Crippen LogP contribution in [0.4, 0.5) is 10.2 Å². The van der Waals surface area contributed by atoms with Gasteiger partial charge in [-0.2, -0.15) is 0 Å². The van der Waals surface area contributed by atoms with Gasteiger partial charge in [-0.25, -0.2) is 14.4 Å². The lowest BCUT2D eigenvalue weighted by molar-refractivity contribution is -0.143. The van der Waals surface area contributed by atoms with Crippen LogP contribution in [0, 0.1) is 12.7 Å². The molecule has 2 aliphatic heterocycles. The Kier molecular flexibility index (Phi) is 5.97. The summed E-state index contributed by atoms with van der Waals surface area (Å²) < 4.78 is 19.6. The fourth-order valence-electron chi connectivity index (χ4n) is 5.06. The third kappa shape index (κ3) is 4.15. The van der Waals surface area contributed by atoms with Gasteiger partial charge < -0.3 is 15.0 Å². The number of amides is 1. The molecule has 0 spiro atoms. The van der Waals surface area contributed by atoms with Crippen LogP contribution in [0.5, 0.6) is 0 Å². The van der Waals surface area contributed by atoms with Crippen LogP contribution in [-0.2, 0) is 20.4 Å². The maximum Gasteiger partial charge on any atom is 0.233 e. The summed E-state index contributed by atoms with van der Waals surface area (Å²) in [5, 5.41) is 3.10. The van der Waals surface area contributed by atoms with E-state index in [0.717, 1.165) is 29.9 Å². The zero-order valence-electron chi connectivity index (χ0n) is 18.6. The number of ether oxygens (including phenoxy) is 1. The summed E-state index contributed by atoms with van der Waals surface area (Å²) in [7, 11) is 1.85. The molecule has 2 saturated heterocycles. The maximum absolute atomic E-state index is 14.1. The Morgan fingerprint density at radius 3 is 2.68 bits per heavy atom. The first-order valence-corrected chi connectivity index (χ1v) is 11.0. The Labute approximate surface area is 183 Å². The molecule has 3 heterocycles. The van der Waals surface area contributed by atoms with Crippen LogP contribution in [0.25, 0.3) is 0 Å². The molecule has 2 fully saturated rings. The Bertz CT molecular complexity index is 960. The molecule has 31 heavy (non-hydrogen) atoms. The lowest BCUT2D eigenvalue weighted by atomic mass is 9.71. The average molecular weight is 427 g/mol. The van der Waals surface area contributed by atoms with Gasteiger partial charge >= 0.3 is 0 Å². The number of aryl methyl sites for hydroxylation is 1. The van der Waals surface area contributed by atoms with Gasteiger partial charge in [-0.15, -0.1) is 0 Å². The Morgan fingerprint density at radius 1 is 1.19 bits per heavy atom. The van der Waals surface area contributed by atoms with E-state index in [1.165, 1.54) is 12.1 Å². The van der Waals surface area contributed by atoms with Crippen molar-refractivity contribution in [3.8, 4) is 0 Å². The van der Waals surface area contributed by atoms with E-state index in [1.807, 2.05) is 31.0 Å². The van der Waals surface area contributed by atoms with Gasteiger partial charge in [0.15, 0.2) is 0 Å². The number of aromatic nitrogens is 2. The van der Waals surface area contributed by atoms with E-state index in [0.29, 0.717) is 45.0 Å². The summed E-state index contributed by atoms with van der Waals surface area (Å²) >= 11 is 0. The lowest BCUT2D eigenvalue weighted by Gasteiger charge is -2.45. The minimum absolute atomic E-state index is 0.0759. The summed E-state index contributed by atoms with van der Waals surface area (Å²) in [5.74, 6) is 1.27. The number of hydrogen-bond acceptors (Lipinski definition) is 5. The second-order valence-corrected chi connectivity index (χ2v) is 9.03. The van der Waals surface area contributed by atoms with Crippen LogP contribution in [-0.4, -0.2) is 54.1 Å². The first kappa shape index (κ1) is 21.7. The van der Waals surface area contributed by atoms with Gasteiger partial charge in [0.1, 0.15) is 17.5 Å². The Morgan fingerprint density at radius 2 is 1.97 bits per heavy atom. The van der Waals surface area contributed by atoms with Crippen LogP contribution in [0.1, 0.15) is 49.7 Å². The number of benzene rings is 1. The molecule has 166 valence electrons. The molecule has 0 unspecified atom stereocenters. The number of hydrogen-bond donors (Lipinski definition) is 1. The SMILES string of the molecule is CNc1cc([C@]2(C)CCCN(C(=O)C3(c4cccc(F)c4)CCOCC3)C2)nc(C)n1. The smallest absolute Gasteiger partial charge is 0.233 e. The normalized spacial score (nSPS) is 23.4. The van der Waals surface area contributed by atoms with Crippen molar-refractivity contribution in [1.82, 2.24) is 14.9 Å². The van der Waals surface area contributed by atoms with Crippen molar-refractivity contribution < 1.29 is 13.9 Å². The molecule has 7 heteroatoms. The molecule has 1 N–H and O–H groups in total. The fraction of sp³-hybridized carbons (Fsp3) is 0.542. The van der Waals surface area contributed by atoms with Crippen LogP contribution in [0.15, 0.2) is 30.3 Å². The van der Waals surface area contributed by atoms with E-state index >= 15 is 0 Å². The highest BCUT2D eigenvalue weighted by molar-refractivity contribution is 5.88. The number of nitrogens with one attached hydrogen (secondary N) is 1. The van der Waals surface area contributed by atoms with E-state index in [1.54, 1.807) is 6.07 Å². The van der Waals surface area contributed by atoms with Gasteiger partial charge in [0.2, 0.25) is 5.91 Å². The van der Waals surface area contributed by atoms with E-state index < -0.39 is 5.41 Å². The molecular weight excluding hydrogens is 395 g/mol. The molecule has 0 bridgehead atoms. The van der Waals surface area contributed by atoms with Gasteiger partial charge in [0.25, 0.3) is 0 Å². The summed E-state index contributed by atoms with van der Waals surface area (Å²) in [6, 6.07) is 8.49. The van der Waals surface area contributed by atoms with E-state index in [-0.39, 0.29) is 17.1 Å². The number of piperidine rings is 1. The highest BCUT2D eigenvalue weighted by atomic mass is 19.1. The van der Waals surface area contributed by atoms with Crippen LogP contribution in [0.2, 0.25) is 0 Å². The molecule has 1 atom stereocenters. The molecule has 4 rings (SSSR count). The zero-order chi connectivity index (χ0) is 22.1. The average Bonchev–Trinajstić information content (AvgIpc) is 2.78. The van der Waals surface area contributed by atoms with Crippen molar-refractivity contribution in [3.63, 3.8) is 0 Å². The number of rotatable bonds is 4. The van der Waals surface area contributed by atoms with Crippen LogP contribution in [0.3, 0.4) is 0 Å². The van der Waals surface area contributed by atoms with Gasteiger partial charge in [-0.05, 0) is 50.3 Å². The van der Waals surface area contributed by atoms with E-state index in [4.69, 9.17) is 9.72 Å². The third-order valence-corrected chi connectivity index (χ3v) is 6.83. The van der Waals surface area contributed by atoms with E-state index in [9.17, 15) is 9.18 Å². The Hall–Kier alpha value is -2.54. The van der Waals surface area contributed by atoms with Gasteiger partial charge in [-0.1, -0.05) is 19.1 Å². The number of carbonyl (C=O) groups excluding carboxylic acids is 1. The molecule has 0 saturated carbocycles. The monoisotopic (exact) mass is 426 g/mol. The van der Waals surface area contributed by atoms with Crippen LogP contribution < -0.4 is 5.32 Å². The molecular formula is C24H31FN4O2. The first-order chi connectivity index (χ1) is 14.9. The highest BCUT2D eigenvalue weighted by Crippen LogP contribution is 2.40. The standard InChI is InChI=1S/C24H31FN4O2/c1-17-27-20(15-21(26-3)28-17)23(2)8-5-11-29(16-23)22(30)24(9-12-31-13-10-24)18-6-4-7-19(25)14-18/h4,6-7,14-15H,5,8-13,16H2,1-3H3,(H,26,27,28)/t23-/m1/s1. The molecule has 6 nitrogen and oxygen atoms in total. The summed E-state index contributed by atoms with van der Waals surface area (Å²) in [4.78, 5) is 25.1. The Balaban J connectivity index is 1.66. The third-order valence-electron chi connectivity index (χ3n) is 6.83. The molecule has 1 aromatic heterocycles. The zero-order valence-corrected chi connectivity index (χ0v) is 18.6. The summed E-state index contributed by atoms with van der Waals surface area (Å²) in [6.45, 7) is 6.36. The van der Waals surface area contributed by atoms with Crippen molar-refractivity contribution in [2.45, 2.75) is 50.4 Å².